The molecule has 4 heteroatoms. The molecule has 0 aromatic heterocycles. The Hall–Kier alpha value is -1.06. The Morgan fingerprint density at radius 3 is 2.23 bits per heavy atom. The van der Waals surface area contributed by atoms with Crippen LogP contribution in [0.25, 0.3) is 0 Å². The van der Waals surface area contributed by atoms with Gasteiger partial charge in [-0.15, -0.1) is 0 Å². The molecule has 1 atom stereocenters. The fourth-order valence-corrected chi connectivity index (χ4v) is 0.736. The number of ether oxygens (including phenoxy) is 1. The topological polar surface area (TPSA) is 63.6 Å². The van der Waals surface area contributed by atoms with E-state index in [0.29, 0.717) is 6.61 Å². The molecule has 0 bridgehead atoms. The van der Waals surface area contributed by atoms with Crippen LogP contribution in [-0.2, 0) is 14.3 Å². The van der Waals surface area contributed by atoms with E-state index in [-0.39, 0.29) is 12.3 Å². The van der Waals surface area contributed by atoms with E-state index in [9.17, 15) is 9.59 Å². The van der Waals surface area contributed by atoms with Crippen molar-refractivity contribution in [3.63, 3.8) is 0 Å². The summed E-state index contributed by atoms with van der Waals surface area (Å²) < 4.78 is 4.86. The van der Waals surface area contributed by atoms with Gasteiger partial charge < -0.3 is 9.84 Å². The normalized spacial score (nSPS) is 12.6. The molecule has 0 fully saturated rings. The summed E-state index contributed by atoms with van der Waals surface area (Å²) in [4.78, 5) is 21.3. The van der Waals surface area contributed by atoms with Gasteiger partial charge in [-0.05, 0) is 5.92 Å². The smallest absolute Gasteiger partial charge is 0.309 e. The number of rotatable bonds is 5. The SMILES string of the molecule is CC(C)COC(=O)[C@@H](C)CC(=O)O. The molecule has 0 saturated carbocycles. The van der Waals surface area contributed by atoms with E-state index < -0.39 is 17.9 Å². The second kappa shape index (κ2) is 5.56. The Morgan fingerprint density at radius 2 is 1.85 bits per heavy atom. The van der Waals surface area contributed by atoms with Gasteiger partial charge in [0.15, 0.2) is 0 Å². The maximum atomic E-state index is 11.1. The van der Waals surface area contributed by atoms with Crippen molar-refractivity contribution >= 4 is 11.9 Å². The van der Waals surface area contributed by atoms with Crippen LogP contribution in [0.1, 0.15) is 27.2 Å². The van der Waals surface area contributed by atoms with Crippen molar-refractivity contribution in [1.82, 2.24) is 0 Å². The van der Waals surface area contributed by atoms with Gasteiger partial charge in [0, 0.05) is 0 Å². The highest BCUT2D eigenvalue weighted by Gasteiger charge is 2.17. The predicted molar refractivity (Wildman–Crippen MR) is 47.2 cm³/mol. The lowest BCUT2D eigenvalue weighted by Gasteiger charge is -2.10. The van der Waals surface area contributed by atoms with Crippen molar-refractivity contribution in [2.24, 2.45) is 11.8 Å². The molecule has 0 rings (SSSR count). The summed E-state index contributed by atoms with van der Waals surface area (Å²) in [6, 6.07) is 0. The molecular formula is C9H16O4. The first-order valence-corrected chi connectivity index (χ1v) is 4.32. The lowest BCUT2D eigenvalue weighted by molar-refractivity contribution is -0.153. The fourth-order valence-electron chi connectivity index (χ4n) is 0.736. The number of carboxylic acid groups (broad SMARTS) is 1. The first kappa shape index (κ1) is 11.9. The van der Waals surface area contributed by atoms with E-state index in [0.717, 1.165) is 0 Å². The van der Waals surface area contributed by atoms with Gasteiger partial charge in [0.05, 0.1) is 18.9 Å². The van der Waals surface area contributed by atoms with Gasteiger partial charge >= 0.3 is 11.9 Å². The number of carbonyl (C=O) groups excluding carboxylic acids is 1. The van der Waals surface area contributed by atoms with Gasteiger partial charge in [-0.1, -0.05) is 20.8 Å². The molecule has 76 valence electrons. The van der Waals surface area contributed by atoms with Gasteiger partial charge in [-0.25, -0.2) is 0 Å². The monoisotopic (exact) mass is 188 g/mol. The Labute approximate surface area is 77.9 Å². The number of aliphatic carboxylic acids is 1. The van der Waals surface area contributed by atoms with E-state index >= 15 is 0 Å². The highest BCUT2D eigenvalue weighted by atomic mass is 16.5. The van der Waals surface area contributed by atoms with Crippen molar-refractivity contribution in [1.29, 1.82) is 0 Å². The molecule has 0 aromatic rings. The summed E-state index contributed by atoms with van der Waals surface area (Å²) in [5.74, 6) is -1.69. The molecule has 0 heterocycles. The Morgan fingerprint density at radius 1 is 1.31 bits per heavy atom. The average molecular weight is 188 g/mol. The summed E-state index contributed by atoms with van der Waals surface area (Å²) in [5, 5.41) is 8.40. The van der Waals surface area contributed by atoms with Crippen LogP contribution in [0.15, 0.2) is 0 Å². The molecule has 0 aliphatic carbocycles. The number of carboxylic acids is 1. The summed E-state index contributed by atoms with van der Waals surface area (Å²) in [6.45, 7) is 5.75. The molecule has 0 saturated heterocycles. The van der Waals surface area contributed by atoms with Crippen LogP contribution in [0.4, 0.5) is 0 Å². The maximum Gasteiger partial charge on any atom is 0.309 e. The summed E-state index contributed by atoms with van der Waals surface area (Å²) >= 11 is 0. The van der Waals surface area contributed by atoms with Crippen molar-refractivity contribution in [3.05, 3.63) is 0 Å². The molecule has 13 heavy (non-hydrogen) atoms. The molecule has 4 nitrogen and oxygen atoms in total. The number of carbonyl (C=O) groups is 2. The average Bonchev–Trinajstić information content (AvgIpc) is 1.98. The third-order valence-corrected chi connectivity index (χ3v) is 1.44. The molecule has 0 aliphatic heterocycles. The van der Waals surface area contributed by atoms with Gasteiger partial charge in [0.25, 0.3) is 0 Å². The number of hydrogen-bond donors (Lipinski definition) is 1. The summed E-state index contributed by atoms with van der Waals surface area (Å²) in [5.41, 5.74) is 0. The largest absolute Gasteiger partial charge is 0.481 e. The zero-order valence-electron chi connectivity index (χ0n) is 8.24. The van der Waals surface area contributed by atoms with E-state index in [1.165, 1.54) is 0 Å². The number of esters is 1. The van der Waals surface area contributed by atoms with Gasteiger partial charge in [-0.2, -0.15) is 0 Å². The third-order valence-electron chi connectivity index (χ3n) is 1.44. The Kier molecular flexibility index (Phi) is 5.11. The molecule has 1 N–H and O–H groups in total. The standard InChI is InChI=1S/C9H16O4/c1-6(2)5-13-9(12)7(3)4-8(10)11/h6-7H,4-5H2,1-3H3,(H,10,11)/t7-/m0/s1. The van der Waals surface area contributed by atoms with E-state index in [4.69, 9.17) is 9.84 Å². The minimum absolute atomic E-state index is 0.170. The highest BCUT2D eigenvalue weighted by molar-refractivity contribution is 5.78. The summed E-state index contributed by atoms with van der Waals surface area (Å²) in [6.07, 6.45) is -0.170. The van der Waals surface area contributed by atoms with Crippen molar-refractivity contribution in [3.8, 4) is 0 Å². The minimum atomic E-state index is -0.978. The Balaban J connectivity index is 3.76. The lowest BCUT2D eigenvalue weighted by Crippen LogP contribution is -2.19. The highest BCUT2D eigenvalue weighted by Crippen LogP contribution is 2.05. The van der Waals surface area contributed by atoms with Crippen LogP contribution in [0.3, 0.4) is 0 Å². The minimum Gasteiger partial charge on any atom is -0.481 e. The predicted octanol–water partition coefficient (Wildman–Crippen LogP) is 1.30. The van der Waals surface area contributed by atoms with Crippen LogP contribution in [-0.4, -0.2) is 23.7 Å². The van der Waals surface area contributed by atoms with Gasteiger partial charge in [-0.3, -0.25) is 9.59 Å². The lowest BCUT2D eigenvalue weighted by atomic mass is 10.1. The van der Waals surface area contributed by atoms with Gasteiger partial charge in [0.1, 0.15) is 0 Å². The first-order valence-electron chi connectivity index (χ1n) is 4.32. The van der Waals surface area contributed by atoms with Crippen LogP contribution >= 0.6 is 0 Å². The van der Waals surface area contributed by atoms with Gasteiger partial charge in [0.2, 0.25) is 0 Å². The van der Waals surface area contributed by atoms with Crippen LogP contribution in [0.5, 0.6) is 0 Å². The van der Waals surface area contributed by atoms with Crippen molar-refractivity contribution < 1.29 is 19.4 Å². The number of hydrogen-bond acceptors (Lipinski definition) is 3. The van der Waals surface area contributed by atoms with E-state index in [1.54, 1.807) is 6.92 Å². The van der Waals surface area contributed by atoms with E-state index in [1.807, 2.05) is 13.8 Å². The molecule has 0 spiro atoms. The van der Waals surface area contributed by atoms with Crippen LogP contribution in [0, 0.1) is 11.8 Å². The van der Waals surface area contributed by atoms with Crippen molar-refractivity contribution in [2.75, 3.05) is 6.61 Å². The maximum absolute atomic E-state index is 11.1. The molecule has 0 aromatic carbocycles. The van der Waals surface area contributed by atoms with Crippen molar-refractivity contribution in [2.45, 2.75) is 27.2 Å². The summed E-state index contributed by atoms with van der Waals surface area (Å²) in [7, 11) is 0. The third kappa shape index (κ3) is 6.13. The second-order valence-corrected chi connectivity index (χ2v) is 3.52. The molecule has 0 radical (unpaired) electrons. The zero-order valence-corrected chi connectivity index (χ0v) is 8.24. The molecule has 0 amide bonds. The first-order chi connectivity index (χ1) is 5.93. The second-order valence-electron chi connectivity index (χ2n) is 3.52. The molecule has 0 aliphatic rings. The van der Waals surface area contributed by atoms with Crippen LogP contribution in [0.2, 0.25) is 0 Å². The zero-order chi connectivity index (χ0) is 10.4. The quantitative estimate of drug-likeness (QED) is 0.660. The Bertz CT molecular complexity index is 186. The molecular weight excluding hydrogens is 172 g/mol. The van der Waals surface area contributed by atoms with Crippen LogP contribution < -0.4 is 0 Å². The molecule has 0 unspecified atom stereocenters. The van der Waals surface area contributed by atoms with E-state index in [2.05, 4.69) is 0 Å². The fraction of sp³-hybridized carbons (Fsp3) is 0.778.